The summed E-state index contributed by atoms with van der Waals surface area (Å²) in [5.41, 5.74) is 5.85. The number of hydrogen-bond donors (Lipinski definition) is 0. The molecule has 6 rings (SSSR count). The van der Waals surface area contributed by atoms with E-state index >= 15 is 0 Å². The Hall–Kier alpha value is -5.44. The number of hydrogen-bond acceptors (Lipinski definition) is 6. The highest BCUT2D eigenvalue weighted by atomic mass is 16.2. The molecule has 0 bridgehead atoms. The van der Waals surface area contributed by atoms with Crippen molar-refractivity contribution in [1.82, 2.24) is 34.5 Å². The van der Waals surface area contributed by atoms with Crippen LogP contribution in [0.1, 0.15) is 33.6 Å². The molecular weight excluding hydrogens is 550 g/mol. The topological polar surface area (TPSA) is 97.1 Å². The van der Waals surface area contributed by atoms with Gasteiger partial charge in [-0.25, -0.2) is 19.6 Å². The van der Waals surface area contributed by atoms with Gasteiger partial charge in [-0.2, -0.15) is 5.10 Å². The van der Waals surface area contributed by atoms with E-state index in [1.807, 2.05) is 78.6 Å². The van der Waals surface area contributed by atoms with Gasteiger partial charge in [0.15, 0.2) is 0 Å². The third kappa shape index (κ3) is 6.78. The van der Waals surface area contributed by atoms with E-state index in [1.54, 1.807) is 34.4 Å². The van der Waals surface area contributed by atoms with E-state index in [4.69, 9.17) is 0 Å². The van der Waals surface area contributed by atoms with Gasteiger partial charge < -0.3 is 9.80 Å². The Morgan fingerprint density at radius 3 is 2.36 bits per heavy atom. The molecule has 9 nitrogen and oxygen atoms in total. The predicted octanol–water partition coefficient (Wildman–Crippen LogP) is 4.60. The zero-order valence-corrected chi connectivity index (χ0v) is 24.5. The van der Waals surface area contributed by atoms with E-state index in [2.05, 4.69) is 32.2 Å². The van der Waals surface area contributed by atoms with Gasteiger partial charge in [-0.05, 0) is 53.8 Å². The molecule has 0 unspecified atom stereocenters. The molecule has 0 saturated heterocycles. The van der Waals surface area contributed by atoms with E-state index in [1.165, 1.54) is 18.0 Å². The summed E-state index contributed by atoms with van der Waals surface area (Å²) in [4.78, 5) is 44.6. The highest BCUT2D eigenvalue weighted by Crippen LogP contribution is 2.23. The van der Waals surface area contributed by atoms with Crippen LogP contribution in [0.25, 0.3) is 11.8 Å². The number of nitrogens with zero attached hydrogens (tertiary/aromatic N) is 7. The summed E-state index contributed by atoms with van der Waals surface area (Å²) in [6.45, 7) is 3.18. The van der Waals surface area contributed by atoms with Crippen molar-refractivity contribution < 1.29 is 9.59 Å². The number of amides is 2. The van der Waals surface area contributed by atoms with Gasteiger partial charge in [-0.3, -0.25) is 9.59 Å². The lowest BCUT2D eigenvalue weighted by molar-refractivity contribution is -0.144. The maximum atomic E-state index is 14.4. The van der Waals surface area contributed by atoms with Crippen LogP contribution in [0.5, 0.6) is 0 Å². The van der Waals surface area contributed by atoms with Crippen molar-refractivity contribution in [1.29, 1.82) is 0 Å². The number of aryl methyl sites for hydroxylation is 1. The Kier molecular flexibility index (Phi) is 8.63. The average Bonchev–Trinajstić information content (AvgIpc) is 3.61. The molecule has 220 valence electrons. The van der Waals surface area contributed by atoms with Crippen LogP contribution in [0.15, 0.2) is 110 Å². The standard InChI is InChI=1S/C35H33N7O2/c1-26-37-20-29(21-38-26)13-16-34(43)41(22-28-11-14-32(15-12-28)42-25-36-24-39-42)33(19-27-7-3-2-4-8-27)35(44)40-18-17-30-9-5-6-10-31(30)23-40/h2-16,20-21,24-25,33H,17-19,22-23H2,1H3/t33-/m0/s1. The lowest BCUT2D eigenvalue weighted by Crippen LogP contribution is -2.52. The summed E-state index contributed by atoms with van der Waals surface area (Å²) in [6.07, 6.45) is 10.9. The van der Waals surface area contributed by atoms with Crippen molar-refractivity contribution in [3.8, 4) is 5.69 Å². The van der Waals surface area contributed by atoms with E-state index in [-0.39, 0.29) is 18.4 Å². The SMILES string of the molecule is Cc1ncc(C=CC(=O)N(Cc2ccc(-n3cncn3)cc2)[C@@H](Cc2ccccc2)C(=O)N2CCc3ccccc3C2)cn1. The predicted molar refractivity (Wildman–Crippen MR) is 167 cm³/mol. The number of benzene rings is 3. The quantitative estimate of drug-likeness (QED) is 0.235. The van der Waals surface area contributed by atoms with Gasteiger partial charge in [0, 0.05) is 50.1 Å². The van der Waals surface area contributed by atoms with Crippen molar-refractivity contribution in [3.05, 3.63) is 144 Å². The number of fused-ring (bicyclic) bond motifs is 1. The molecule has 5 aromatic rings. The smallest absolute Gasteiger partial charge is 0.247 e. The second-order valence-electron chi connectivity index (χ2n) is 10.9. The van der Waals surface area contributed by atoms with Gasteiger partial charge in [0.2, 0.25) is 11.8 Å². The van der Waals surface area contributed by atoms with Gasteiger partial charge in [0.05, 0.1) is 5.69 Å². The molecular formula is C35H33N7O2. The molecule has 1 aliphatic heterocycles. The highest BCUT2D eigenvalue weighted by molar-refractivity contribution is 5.95. The second kappa shape index (κ2) is 13.2. The molecule has 44 heavy (non-hydrogen) atoms. The molecule has 3 heterocycles. The second-order valence-corrected chi connectivity index (χ2v) is 10.9. The molecule has 9 heteroatoms. The lowest BCUT2D eigenvalue weighted by Gasteiger charge is -2.37. The van der Waals surface area contributed by atoms with Crippen molar-refractivity contribution in [2.24, 2.45) is 0 Å². The summed E-state index contributed by atoms with van der Waals surface area (Å²) in [5.74, 6) is 0.321. The number of carbonyl (C=O) groups excluding carboxylic acids is 2. The fourth-order valence-electron chi connectivity index (χ4n) is 5.45. The molecule has 0 spiro atoms. The first kappa shape index (κ1) is 28.7. The van der Waals surface area contributed by atoms with Crippen LogP contribution < -0.4 is 0 Å². The minimum absolute atomic E-state index is 0.0667. The third-order valence-electron chi connectivity index (χ3n) is 7.85. The Balaban J connectivity index is 1.34. The van der Waals surface area contributed by atoms with Gasteiger partial charge in [-0.15, -0.1) is 0 Å². The first-order valence-electron chi connectivity index (χ1n) is 14.6. The molecule has 0 N–H and O–H groups in total. The van der Waals surface area contributed by atoms with E-state index < -0.39 is 6.04 Å². The molecule has 2 aromatic heterocycles. The fourth-order valence-corrected chi connectivity index (χ4v) is 5.45. The molecule has 1 atom stereocenters. The van der Waals surface area contributed by atoms with Crippen molar-refractivity contribution in [2.75, 3.05) is 6.54 Å². The third-order valence-corrected chi connectivity index (χ3v) is 7.85. The van der Waals surface area contributed by atoms with Crippen LogP contribution in [0.4, 0.5) is 0 Å². The highest BCUT2D eigenvalue weighted by Gasteiger charge is 2.34. The molecule has 3 aromatic carbocycles. The molecule has 2 amide bonds. The lowest BCUT2D eigenvalue weighted by atomic mass is 9.97. The molecule has 0 aliphatic carbocycles. The maximum absolute atomic E-state index is 14.4. The van der Waals surface area contributed by atoms with Crippen molar-refractivity contribution in [2.45, 2.75) is 38.9 Å². The average molecular weight is 584 g/mol. The summed E-state index contributed by atoms with van der Waals surface area (Å²) >= 11 is 0. The largest absolute Gasteiger partial charge is 0.336 e. The minimum atomic E-state index is -0.718. The van der Waals surface area contributed by atoms with Crippen molar-refractivity contribution in [3.63, 3.8) is 0 Å². The Labute approximate surface area is 256 Å². The van der Waals surface area contributed by atoms with E-state index in [0.717, 1.165) is 28.8 Å². The monoisotopic (exact) mass is 583 g/mol. The molecule has 0 fully saturated rings. The summed E-state index contributed by atoms with van der Waals surface area (Å²) in [7, 11) is 0. The molecule has 1 aliphatic rings. The minimum Gasteiger partial charge on any atom is -0.336 e. The summed E-state index contributed by atoms with van der Waals surface area (Å²) in [5, 5.41) is 4.20. The molecule has 0 radical (unpaired) electrons. The zero-order chi connectivity index (χ0) is 30.3. The van der Waals surface area contributed by atoms with E-state index in [9.17, 15) is 9.59 Å². The number of carbonyl (C=O) groups is 2. The Morgan fingerprint density at radius 2 is 1.64 bits per heavy atom. The number of rotatable bonds is 9. The van der Waals surface area contributed by atoms with Gasteiger partial charge >= 0.3 is 0 Å². The number of aromatic nitrogens is 5. The van der Waals surface area contributed by atoms with Crippen molar-refractivity contribution >= 4 is 17.9 Å². The zero-order valence-electron chi connectivity index (χ0n) is 24.5. The first-order valence-corrected chi connectivity index (χ1v) is 14.6. The first-order chi connectivity index (χ1) is 21.5. The Morgan fingerprint density at radius 1 is 0.909 bits per heavy atom. The van der Waals surface area contributed by atoms with Gasteiger partial charge in [-0.1, -0.05) is 66.7 Å². The normalized spacial score (nSPS) is 13.4. The van der Waals surface area contributed by atoms with Gasteiger partial charge in [0.25, 0.3) is 0 Å². The summed E-state index contributed by atoms with van der Waals surface area (Å²) in [6, 6.07) is 25.2. The fraction of sp³-hybridized carbons (Fsp3) is 0.200. The van der Waals surface area contributed by atoms with Crippen LogP contribution in [0, 0.1) is 6.92 Å². The van der Waals surface area contributed by atoms with Crippen LogP contribution in [0.3, 0.4) is 0 Å². The van der Waals surface area contributed by atoms with Gasteiger partial charge in [0.1, 0.15) is 24.5 Å². The van der Waals surface area contributed by atoms with Crippen LogP contribution in [0.2, 0.25) is 0 Å². The van der Waals surface area contributed by atoms with Crippen LogP contribution >= 0.6 is 0 Å². The summed E-state index contributed by atoms with van der Waals surface area (Å²) < 4.78 is 1.68. The van der Waals surface area contributed by atoms with Crippen LogP contribution in [-0.2, 0) is 35.5 Å². The molecule has 0 saturated carbocycles. The van der Waals surface area contributed by atoms with Crippen LogP contribution in [-0.4, -0.2) is 58.9 Å². The maximum Gasteiger partial charge on any atom is 0.247 e. The Bertz CT molecular complexity index is 1730. The van der Waals surface area contributed by atoms with E-state index in [0.29, 0.717) is 30.9 Å².